The molecule has 24 heavy (non-hydrogen) atoms. The molecule has 0 aromatic rings. The molecule has 0 spiro atoms. The topological polar surface area (TPSA) is 76.1 Å². The number of aliphatic hydroxyl groups is 1. The number of esters is 2. The molecule has 0 radical (unpaired) electrons. The van der Waals surface area contributed by atoms with Gasteiger partial charge in [-0.2, -0.15) is 0 Å². The molecule has 2 saturated heterocycles. The molecular weight excluding hydrogens is 310 g/mol. The van der Waals surface area contributed by atoms with Crippen LogP contribution in [0.2, 0.25) is 0 Å². The molecule has 3 aliphatic heterocycles. The molecule has 0 aromatic heterocycles. The summed E-state index contributed by atoms with van der Waals surface area (Å²) in [5.74, 6) is -1.46. The average molecular weight is 335 g/mol. The highest BCUT2D eigenvalue weighted by Gasteiger charge is 2.45. The maximum absolute atomic E-state index is 12.5. The van der Waals surface area contributed by atoms with Crippen molar-refractivity contribution in [2.75, 3.05) is 19.7 Å². The minimum atomic E-state index is -1.65. The Labute approximate surface area is 142 Å². The van der Waals surface area contributed by atoms with Crippen molar-refractivity contribution in [3.63, 3.8) is 0 Å². The Kier molecular flexibility index (Phi) is 4.53. The third kappa shape index (κ3) is 2.89. The first-order chi connectivity index (χ1) is 11.3. The van der Waals surface area contributed by atoms with Gasteiger partial charge in [-0.3, -0.25) is 4.90 Å². The van der Waals surface area contributed by atoms with Crippen molar-refractivity contribution in [3.8, 4) is 0 Å². The van der Waals surface area contributed by atoms with Crippen LogP contribution in [0.4, 0.5) is 0 Å². The molecule has 1 unspecified atom stereocenters. The van der Waals surface area contributed by atoms with E-state index in [4.69, 9.17) is 9.47 Å². The van der Waals surface area contributed by atoms with E-state index in [1.165, 1.54) is 6.92 Å². The highest BCUT2D eigenvalue weighted by Crippen LogP contribution is 2.34. The molecule has 132 valence electrons. The molecule has 6 heteroatoms. The number of ether oxygens (including phenoxy) is 2. The Morgan fingerprint density at radius 1 is 1.42 bits per heavy atom. The zero-order chi connectivity index (χ0) is 17.5. The van der Waals surface area contributed by atoms with Gasteiger partial charge in [0.2, 0.25) is 0 Å². The fourth-order valence-electron chi connectivity index (χ4n) is 3.68. The zero-order valence-corrected chi connectivity index (χ0v) is 14.4. The Hall–Kier alpha value is -1.66. The summed E-state index contributed by atoms with van der Waals surface area (Å²) in [4.78, 5) is 27.1. The number of carbonyl (C=O) groups is 2. The van der Waals surface area contributed by atoms with E-state index in [0.29, 0.717) is 5.57 Å². The molecule has 0 aliphatic carbocycles. The van der Waals surface area contributed by atoms with E-state index in [1.54, 1.807) is 19.9 Å². The van der Waals surface area contributed by atoms with Crippen molar-refractivity contribution < 1.29 is 24.2 Å². The van der Waals surface area contributed by atoms with E-state index < -0.39 is 17.5 Å². The van der Waals surface area contributed by atoms with Gasteiger partial charge in [-0.25, -0.2) is 9.59 Å². The SMILES string of the molecule is C/C=C1/C[C@H](C)[C@](C)(O)C(=O)OCC2=CCN3CC[C@H](OC1=O)C23. The number of nitrogens with zero attached hydrogens (tertiary/aromatic N) is 1. The van der Waals surface area contributed by atoms with Crippen LogP contribution in [-0.2, 0) is 19.1 Å². The molecule has 0 saturated carbocycles. The summed E-state index contributed by atoms with van der Waals surface area (Å²) >= 11 is 0. The third-order valence-corrected chi connectivity index (χ3v) is 5.55. The van der Waals surface area contributed by atoms with Crippen molar-refractivity contribution in [1.29, 1.82) is 0 Å². The van der Waals surface area contributed by atoms with Crippen LogP contribution in [0.1, 0.15) is 33.6 Å². The second kappa shape index (κ2) is 6.33. The Morgan fingerprint density at radius 3 is 2.88 bits per heavy atom. The molecule has 2 fully saturated rings. The van der Waals surface area contributed by atoms with Gasteiger partial charge in [0.15, 0.2) is 5.60 Å². The van der Waals surface area contributed by atoms with Gasteiger partial charge < -0.3 is 14.6 Å². The van der Waals surface area contributed by atoms with Gasteiger partial charge in [0, 0.05) is 18.7 Å². The second-order valence-electron chi connectivity index (χ2n) is 7.09. The number of hydrogen-bond acceptors (Lipinski definition) is 6. The number of rotatable bonds is 0. The van der Waals surface area contributed by atoms with Gasteiger partial charge in [0.1, 0.15) is 12.7 Å². The summed E-state index contributed by atoms with van der Waals surface area (Å²) in [6, 6.07) is -0.0262. The Bertz CT molecular complexity index is 607. The van der Waals surface area contributed by atoms with Crippen LogP contribution < -0.4 is 0 Å². The molecule has 3 heterocycles. The molecule has 1 N–H and O–H groups in total. The summed E-state index contributed by atoms with van der Waals surface area (Å²) in [6.07, 6.45) is 4.56. The third-order valence-electron chi connectivity index (χ3n) is 5.55. The van der Waals surface area contributed by atoms with E-state index in [1.807, 2.05) is 6.08 Å². The quantitative estimate of drug-likeness (QED) is 0.407. The van der Waals surface area contributed by atoms with Crippen molar-refractivity contribution in [1.82, 2.24) is 4.90 Å². The monoisotopic (exact) mass is 335 g/mol. The molecular formula is C18H25NO5. The normalized spacial score (nSPS) is 39.6. The van der Waals surface area contributed by atoms with Crippen molar-refractivity contribution in [3.05, 3.63) is 23.3 Å². The molecule has 6 nitrogen and oxygen atoms in total. The summed E-state index contributed by atoms with van der Waals surface area (Å²) in [5, 5.41) is 10.6. The first-order valence-electron chi connectivity index (χ1n) is 8.53. The lowest BCUT2D eigenvalue weighted by Gasteiger charge is -2.31. The van der Waals surface area contributed by atoms with Crippen LogP contribution in [-0.4, -0.2) is 59.4 Å². The van der Waals surface area contributed by atoms with E-state index in [0.717, 1.165) is 25.1 Å². The van der Waals surface area contributed by atoms with E-state index in [2.05, 4.69) is 4.90 Å². The van der Waals surface area contributed by atoms with Crippen molar-refractivity contribution >= 4 is 11.9 Å². The second-order valence-corrected chi connectivity index (χ2v) is 7.09. The van der Waals surface area contributed by atoms with E-state index in [9.17, 15) is 14.7 Å². The largest absolute Gasteiger partial charge is 0.459 e. The summed E-state index contributed by atoms with van der Waals surface area (Å²) in [6.45, 7) is 6.71. The molecule has 0 aromatic carbocycles. The van der Waals surface area contributed by atoms with Crippen LogP contribution in [0, 0.1) is 5.92 Å². The summed E-state index contributed by atoms with van der Waals surface area (Å²) < 4.78 is 11.2. The fourth-order valence-corrected chi connectivity index (χ4v) is 3.68. The Morgan fingerprint density at radius 2 is 2.17 bits per heavy atom. The minimum Gasteiger partial charge on any atom is -0.459 e. The lowest BCUT2D eigenvalue weighted by Crippen LogP contribution is -2.45. The summed E-state index contributed by atoms with van der Waals surface area (Å²) in [7, 11) is 0. The lowest BCUT2D eigenvalue weighted by molar-refractivity contribution is -0.169. The number of allylic oxidation sites excluding steroid dienone is 1. The highest BCUT2D eigenvalue weighted by molar-refractivity contribution is 5.89. The predicted molar refractivity (Wildman–Crippen MR) is 87.1 cm³/mol. The Balaban J connectivity index is 1.91. The van der Waals surface area contributed by atoms with E-state index in [-0.39, 0.29) is 31.1 Å². The molecule has 3 aliphatic rings. The van der Waals surface area contributed by atoms with Gasteiger partial charge in [-0.05, 0) is 38.2 Å². The fraction of sp³-hybridized carbons (Fsp3) is 0.667. The smallest absolute Gasteiger partial charge is 0.338 e. The van der Waals surface area contributed by atoms with Crippen LogP contribution in [0.5, 0.6) is 0 Å². The number of cyclic esters (lactones) is 1. The van der Waals surface area contributed by atoms with Gasteiger partial charge >= 0.3 is 11.9 Å². The van der Waals surface area contributed by atoms with Gasteiger partial charge in [0.05, 0.1) is 6.04 Å². The van der Waals surface area contributed by atoms with Crippen LogP contribution >= 0.6 is 0 Å². The first-order valence-corrected chi connectivity index (χ1v) is 8.53. The molecule has 0 bridgehead atoms. The van der Waals surface area contributed by atoms with Gasteiger partial charge in [0.25, 0.3) is 0 Å². The maximum Gasteiger partial charge on any atom is 0.338 e. The van der Waals surface area contributed by atoms with Crippen molar-refractivity contribution in [2.24, 2.45) is 5.92 Å². The molecule has 0 amide bonds. The number of hydrogen-bond donors (Lipinski definition) is 1. The van der Waals surface area contributed by atoms with E-state index >= 15 is 0 Å². The standard InChI is InChI=1S/C18H25NO5/c1-4-12-9-11(2)18(3,22)17(21)23-10-13-5-7-19-8-6-14(15(13)19)24-16(12)20/h4-5,11,14-15,22H,6-10H2,1-3H3/b12-4-/t11-,14-,15?,18-/m0/s1. The van der Waals surface area contributed by atoms with Crippen LogP contribution in [0.3, 0.4) is 0 Å². The molecule has 3 rings (SSSR count). The van der Waals surface area contributed by atoms with Gasteiger partial charge in [-0.1, -0.05) is 19.1 Å². The maximum atomic E-state index is 12.5. The molecule has 4 atom stereocenters. The van der Waals surface area contributed by atoms with Crippen LogP contribution in [0.25, 0.3) is 0 Å². The van der Waals surface area contributed by atoms with Gasteiger partial charge in [-0.15, -0.1) is 0 Å². The van der Waals surface area contributed by atoms with Crippen LogP contribution in [0.15, 0.2) is 23.3 Å². The average Bonchev–Trinajstić information content (AvgIpc) is 3.12. The minimum absolute atomic E-state index is 0.0262. The summed E-state index contributed by atoms with van der Waals surface area (Å²) in [5.41, 5.74) is -0.218. The number of carbonyl (C=O) groups excluding carboxylic acids is 2. The zero-order valence-electron chi connectivity index (χ0n) is 14.4. The van der Waals surface area contributed by atoms with Crippen molar-refractivity contribution in [2.45, 2.75) is 51.4 Å². The lowest BCUT2D eigenvalue weighted by atomic mass is 9.85. The predicted octanol–water partition coefficient (Wildman–Crippen LogP) is 1.19. The first kappa shape index (κ1) is 17.2. The highest BCUT2D eigenvalue weighted by atomic mass is 16.6.